The number of nitrogens with zero attached hydrogens (tertiary/aromatic N) is 1. The number of aromatic nitrogens is 1. The lowest BCUT2D eigenvalue weighted by atomic mass is 10.2. The van der Waals surface area contributed by atoms with E-state index >= 15 is 0 Å². The zero-order valence-corrected chi connectivity index (χ0v) is 8.64. The molecule has 3 heteroatoms. The standard InChI is InChI=1S/C11H10N2S/c1-7-6-10-11(13(7)12)8-4-2-3-5-9(8)14-10/h2-6H,12H2,1H3. The highest BCUT2D eigenvalue weighted by molar-refractivity contribution is 7.25. The minimum absolute atomic E-state index is 1.11. The summed E-state index contributed by atoms with van der Waals surface area (Å²) in [6.07, 6.45) is 0. The van der Waals surface area contributed by atoms with Crippen molar-refractivity contribution >= 4 is 31.6 Å². The molecular weight excluding hydrogens is 192 g/mol. The lowest BCUT2D eigenvalue weighted by Crippen LogP contribution is -2.08. The molecule has 0 bridgehead atoms. The Bertz CT molecular complexity index is 619. The van der Waals surface area contributed by atoms with E-state index in [1.54, 1.807) is 16.0 Å². The van der Waals surface area contributed by atoms with E-state index < -0.39 is 0 Å². The summed E-state index contributed by atoms with van der Waals surface area (Å²) >= 11 is 1.80. The molecule has 0 saturated carbocycles. The summed E-state index contributed by atoms with van der Waals surface area (Å²) in [7, 11) is 0. The Balaban J connectivity index is 2.62. The van der Waals surface area contributed by atoms with Crippen molar-refractivity contribution < 1.29 is 0 Å². The summed E-state index contributed by atoms with van der Waals surface area (Å²) in [6, 6.07) is 10.5. The summed E-state index contributed by atoms with van der Waals surface area (Å²) in [6.45, 7) is 2.03. The third-order valence-electron chi connectivity index (χ3n) is 2.56. The van der Waals surface area contributed by atoms with Gasteiger partial charge in [0, 0.05) is 15.8 Å². The fraction of sp³-hybridized carbons (Fsp3) is 0.0909. The van der Waals surface area contributed by atoms with Gasteiger partial charge >= 0.3 is 0 Å². The smallest absolute Gasteiger partial charge is 0.0879 e. The average molecular weight is 202 g/mol. The van der Waals surface area contributed by atoms with Gasteiger partial charge in [0.15, 0.2) is 0 Å². The van der Waals surface area contributed by atoms with Crippen LogP contribution in [0.1, 0.15) is 5.69 Å². The molecule has 1 aromatic carbocycles. The van der Waals surface area contributed by atoms with Crippen LogP contribution in [0.2, 0.25) is 0 Å². The maximum Gasteiger partial charge on any atom is 0.0879 e. The topological polar surface area (TPSA) is 30.9 Å². The van der Waals surface area contributed by atoms with E-state index in [9.17, 15) is 0 Å². The van der Waals surface area contributed by atoms with Crippen LogP contribution in [0.25, 0.3) is 20.3 Å². The fourth-order valence-corrected chi connectivity index (χ4v) is 3.03. The summed E-state index contributed by atoms with van der Waals surface area (Å²) in [5.74, 6) is 5.97. The molecule has 2 aromatic heterocycles. The van der Waals surface area contributed by atoms with Gasteiger partial charge in [-0.3, -0.25) is 4.68 Å². The molecule has 3 rings (SSSR count). The van der Waals surface area contributed by atoms with Gasteiger partial charge in [-0.2, -0.15) is 0 Å². The molecule has 0 amide bonds. The zero-order chi connectivity index (χ0) is 9.71. The average Bonchev–Trinajstić information content (AvgIpc) is 2.65. The highest BCUT2D eigenvalue weighted by atomic mass is 32.1. The number of aryl methyl sites for hydroxylation is 1. The van der Waals surface area contributed by atoms with E-state index in [0.717, 1.165) is 11.2 Å². The fourth-order valence-electron chi connectivity index (χ4n) is 1.83. The Labute approximate surface area is 85.5 Å². The first-order valence-electron chi connectivity index (χ1n) is 4.52. The monoisotopic (exact) mass is 202 g/mol. The third-order valence-corrected chi connectivity index (χ3v) is 3.66. The van der Waals surface area contributed by atoms with Gasteiger partial charge in [-0.05, 0) is 19.1 Å². The van der Waals surface area contributed by atoms with Crippen LogP contribution in [0.5, 0.6) is 0 Å². The summed E-state index contributed by atoms with van der Waals surface area (Å²) < 4.78 is 4.34. The van der Waals surface area contributed by atoms with Crippen LogP contribution in [0.15, 0.2) is 30.3 Å². The highest BCUT2D eigenvalue weighted by Crippen LogP contribution is 2.34. The number of fused-ring (bicyclic) bond motifs is 3. The van der Waals surface area contributed by atoms with Crippen LogP contribution in [0.3, 0.4) is 0 Å². The lowest BCUT2D eigenvalue weighted by Gasteiger charge is -1.97. The molecular formula is C11H10N2S. The second kappa shape index (κ2) is 2.51. The van der Waals surface area contributed by atoms with E-state index in [1.165, 1.54) is 14.8 Å². The Morgan fingerprint density at radius 1 is 1.21 bits per heavy atom. The second-order valence-electron chi connectivity index (χ2n) is 3.47. The number of hydrogen-bond donors (Lipinski definition) is 1. The van der Waals surface area contributed by atoms with Crippen molar-refractivity contribution in [1.29, 1.82) is 0 Å². The highest BCUT2D eigenvalue weighted by Gasteiger charge is 2.09. The van der Waals surface area contributed by atoms with Gasteiger partial charge in [-0.1, -0.05) is 18.2 Å². The number of nitrogen functional groups attached to an aromatic ring is 1. The molecule has 0 unspecified atom stereocenters. The van der Waals surface area contributed by atoms with E-state index in [0.29, 0.717) is 0 Å². The van der Waals surface area contributed by atoms with Gasteiger partial charge in [-0.15, -0.1) is 11.3 Å². The van der Waals surface area contributed by atoms with Crippen molar-refractivity contribution in [3.05, 3.63) is 36.0 Å². The summed E-state index contributed by atoms with van der Waals surface area (Å²) in [5, 5.41) is 1.25. The molecule has 2 N–H and O–H groups in total. The number of nitrogens with two attached hydrogens (primary N) is 1. The van der Waals surface area contributed by atoms with Gasteiger partial charge < -0.3 is 5.84 Å². The summed E-state index contributed by atoms with van der Waals surface area (Å²) in [5.41, 5.74) is 2.26. The van der Waals surface area contributed by atoms with E-state index in [1.807, 2.05) is 6.92 Å². The van der Waals surface area contributed by atoms with Crippen molar-refractivity contribution in [2.75, 3.05) is 5.84 Å². The Hall–Kier alpha value is -1.48. The molecule has 2 heterocycles. The molecule has 0 aliphatic rings. The van der Waals surface area contributed by atoms with Gasteiger partial charge in [-0.25, -0.2) is 0 Å². The Morgan fingerprint density at radius 2 is 2.00 bits per heavy atom. The molecule has 14 heavy (non-hydrogen) atoms. The molecule has 0 fully saturated rings. The second-order valence-corrected chi connectivity index (χ2v) is 4.55. The quantitative estimate of drug-likeness (QED) is 0.558. The minimum atomic E-state index is 1.11. The van der Waals surface area contributed by atoms with Crippen LogP contribution < -0.4 is 5.84 Å². The van der Waals surface area contributed by atoms with Gasteiger partial charge in [0.25, 0.3) is 0 Å². The van der Waals surface area contributed by atoms with Crippen LogP contribution in [-0.4, -0.2) is 4.68 Å². The first-order chi connectivity index (χ1) is 6.77. The van der Waals surface area contributed by atoms with Crippen LogP contribution in [0.4, 0.5) is 0 Å². The van der Waals surface area contributed by atoms with Crippen LogP contribution >= 0.6 is 11.3 Å². The molecule has 0 saturated heterocycles. The van der Waals surface area contributed by atoms with Crippen molar-refractivity contribution in [2.24, 2.45) is 0 Å². The maximum atomic E-state index is 5.97. The molecule has 0 radical (unpaired) electrons. The van der Waals surface area contributed by atoms with Crippen molar-refractivity contribution in [3.8, 4) is 0 Å². The molecule has 0 aliphatic heterocycles. The van der Waals surface area contributed by atoms with Crippen molar-refractivity contribution in [1.82, 2.24) is 4.68 Å². The van der Waals surface area contributed by atoms with Crippen molar-refractivity contribution in [3.63, 3.8) is 0 Å². The van der Waals surface area contributed by atoms with Gasteiger partial charge in [0.1, 0.15) is 0 Å². The SMILES string of the molecule is Cc1cc2sc3ccccc3c2n1N. The predicted octanol–water partition coefficient (Wildman–Crippen LogP) is 2.88. The van der Waals surface area contributed by atoms with E-state index in [-0.39, 0.29) is 0 Å². The third kappa shape index (κ3) is 0.849. The molecule has 0 atom stereocenters. The summed E-state index contributed by atoms with van der Waals surface area (Å²) in [4.78, 5) is 0. The largest absolute Gasteiger partial charge is 0.339 e. The number of thiophene rings is 1. The normalized spacial score (nSPS) is 11.5. The first-order valence-corrected chi connectivity index (χ1v) is 5.33. The Kier molecular flexibility index (Phi) is 1.42. The number of rotatable bonds is 0. The molecule has 3 aromatic rings. The minimum Gasteiger partial charge on any atom is -0.339 e. The van der Waals surface area contributed by atoms with Crippen LogP contribution in [0, 0.1) is 6.92 Å². The number of benzene rings is 1. The Morgan fingerprint density at radius 3 is 2.86 bits per heavy atom. The molecule has 0 aliphatic carbocycles. The number of hydrogen-bond acceptors (Lipinski definition) is 2. The predicted molar refractivity (Wildman–Crippen MR) is 62.2 cm³/mol. The van der Waals surface area contributed by atoms with E-state index in [2.05, 4.69) is 30.3 Å². The first kappa shape index (κ1) is 7.88. The molecule has 2 nitrogen and oxygen atoms in total. The van der Waals surface area contributed by atoms with Crippen LogP contribution in [-0.2, 0) is 0 Å². The lowest BCUT2D eigenvalue weighted by molar-refractivity contribution is 1.00. The van der Waals surface area contributed by atoms with Crippen molar-refractivity contribution in [2.45, 2.75) is 6.92 Å². The molecule has 70 valence electrons. The zero-order valence-electron chi connectivity index (χ0n) is 7.82. The van der Waals surface area contributed by atoms with Gasteiger partial charge in [0.2, 0.25) is 0 Å². The van der Waals surface area contributed by atoms with E-state index in [4.69, 9.17) is 5.84 Å². The maximum absolute atomic E-state index is 5.97. The molecule has 0 spiro atoms. The van der Waals surface area contributed by atoms with Gasteiger partial charge in [0.05, 0.1) is 10.2 Å².